The highest BCUT2D eigenvalue weighted by Crippen LogP contribution is 2.32. The van der Waals surface area contributed by atoms with Crippen LogP contribution in [-0.2, 0) is 11.8 Å². The predicted octanol–water partition coefficient (Wildman–Crippen LogP) is 3.04. The van der Waals surface area contributed by atoms with Gasteiger partial charge in [0, 0.05) is 46.4 Å². The number of anilines is 1. The summed E-state index contributed by atoms with van der Waals surface area (Å²) in [4.78, 5) is 14.5. The summed E-state index contributed by atoms with van der Waals surface area (Å²) < 4.78 is 28.1. The number of nitrogens with two attached hydrogens (primary N) is 1. The molecule has 2 atom stereocenters. The Morgan fingerprint density at radius 3 is 2.71 bits per heavy atom. The Labute approximate surface area is 165 Å². The summed E-state index contributed by atoms with van der Waals surface area (Å²) in [6.45, 7) is 0. The van der Waals surface area contributed by atoms with Crippen LogP contribution in [0.1, 0.15) is 17.3 Å². The molecular formula is C19H21F2N5OS. The van der Waals surface area contributed by atoms with Gasteiger partial charge in [0.2, 0.25) is 5.91 Å². The number of amides is 1. The summed E-state index contributed by atoms with van der Waals surface area (Å²) in [7, 11) is 3.50. The van der Waals surface area contributed by atoms with Gasteiger partial charge >= 0.3 is 0 Å². The van der Waals surface area contributed by atoms with Gasteiger partial charge in [0.25, 0.3) is 0 Å². The van der Waals surface area contributed by atoms with Crippen LogP contribution in [0, 0.1) is 11.6 Å². The lowest BCUT2D eigenvalue weighted by Gasteiger charge is -2.19. The molecule has 1 aromatic carbocycles. The average Bonchev–Trinajstić information content (AvgIpc) is 3.31. The molecule has 0 bridgehead atoms. The molecule has 1 amide bonds. The van der Waals surface area contributed by atoms with Gasteiger partial charge in [-0.15, -0.1) is 11.3 Å². The molecule has 148 valence electrons. The van der Waals surface area contributed by atoms with E-state index < -0.39 is 17.7 Å². The van der Waals surface area contributed by atoms with Crippen molar-refractivity contribution in [3.8, 4) is 10.4 Å². The summed E-state index contributed by atoms with van der Waals surface area (Å²) in [5.41, 5.74) is 7.50. The third kappa shape index (κ3) is 4.61. The summed E-state index contributed by atoms with van der Waals surface area (Å²) in [6, 6.07) is 6.19. The van der Waals surface area contributed by atoms with Crippen molar-refractivity contribution >= 4 is 22.9 Å². The van der Waals surface area contributed by atoms with E-state index in [9.17, 15) is 13.6 Å². The highest BCUT2D eigenvalue weighted by atomic mass is 32.1. The number of thiophene rings is 1. The maximum atomic E-state index is 13.3. The quantitative estimate of drug-likeness (QED) is 0.564. The maximum Gasteiger partial charge on any atom is 0.241 e. The molecule has 0 fully saturated rings. The van der Waals surface area contributed by atoms with Gasteiger partial charge in [-0.1, -0.05) is 0 Å². The molecule has 3 rings (SSSR count). The zero-order valence-corrected chi connectivity index (χ0v) is 16.3. The lowest BCUT2D eigenvalue weighted by molar-refractivity contribution is -0.118. The van der Waals surface area contributed by atoms with Crippen LogP contribution in [0.15, 0.2) is 42.7 Å². The second-order valence-electron chi connectivity index (χ2n) is 6.41. The van der Waals surface area contributed by atoms with E-state index in [-0.39, 0.29) is 17.6 Å². The average molecular weight is 405 g/mol. The second kappa shape index (κ2) is 8.59. The van der Waals surface area contributed by atoms with E-state index in [0.29, 0.717) is 6.42 Å². The van der Waals surface area contributed by atoms with Crippen LogP contribution in [0.3, 0.4) is 0 Å². The number of benzene rings is 1. The van der Waals surface area contributed by atoms with E-state index in [0.717, 1.165) is 27.5 Å². The molecule has 0 saturated carbocycles. The standard InChI is InChI=1S/C19H21F2N5OS/c1-23-16(19(27)25-12-3-4-13(20)14(21)7-12)8-15(22)18-6-5-17(28-18)11-9-24-26(2)10-11/h3-7,9-10,15-16,23H,8,22H2,1-2H3,(H,25,27). The monoisotopic (exact) mass is 405 g/mol. The minimum atomic E-state index is -1.02. The predicted molar refractivity (Wildman–Crippen MR) is 106 cm³/mol. The second-order valence-corrected chi connectivity index (χ2v) is 7.52. The molecule has 2 heterocycles. The molecule has 9 heteroatoms. The molecule has 0 aliphatic rings. The first-order valence-electron chi connectivity index (χ1n) is 8.65. The summed E-state index contributed by atoms with van der Waals surface area (Å²) >= 11 is 1.55. The maximum absolute atomic E-state index is 13.3. The number of rotatable bonds is 7. The molecule has 2 unspecified atom stereocenters. The van der Waals surface area contributed by atoms with E-state index >= 15 is 0 Å². The zero-order chi connectivity index (χ0) is 20.3. The van der Waals surface area contributed by atoms with E-state index in [1.165, 1.54) is 6.07 Å². The molecule has 28 heavy (non-hydrogen) atoms. The zero-order valence-electron chi connectivity index (χ0n) is 15.4. The molecule has 6 nitrogen and oxygen atoms in total. The highest BCUT2D eigenvalue weighted by molar-refractivity contribution is 7.15. The van der Waals surface area contributed by atoms with Gasteiger partial charge in [0.1, 0.15) is 0 Å². The van der Waals surface area contributed by atoms with Crippen molar-refractivity contribution in [2.45, 2.75) is 18.5 Å². The van der Waals surface area contributed by atoms with Gasteiger partial charge in [-0.25, -0.2) is 8.78 Å². The topological polar surface area (TPSA) is 85.0 Å². The third-order valence-electron chi connectivity index (χ3n) is 4.32. The van der Waals surface area contributed by atoms with E-state index in [2.05, 4.69) is 15.7 Å². The van der Waals surface area contributed by atoms with Crippen molar-refractivity contribution in [3.05, 3.63) is 59.2 Å². The fourth-order valence-electron chi connectivity index (χ4n) is 2.79. The van der Waals surface area contributed by atoms with Gasteiger partial charge in [-0.05, 0) is 37.7 Å². The number of carbonyl (C=O) groups is 1. The van der Waals surface area contributed by atoms with Crippen LogP contribution in [0.25, 0.3) is 10.4 Å². The van der Waals surface area contributed by atoms with Crippen LogP contribution in [0.2, 0.25) is 0 Å². The third-order valence-corrected chi connectivity index (χ3v) is 5.59. The van der Waals surface area contributed by atoms with Crippen molar-refractivity contribution < 1.29 is 13.6 Å². The van der Waals surface area contributed by atoms with Crippen molar-refractivity contribution in [1.82, 2.24) is 15.1 Å². The Morgan fingerprint density at radius 2 is 2.07 bits per heavy atom. The molecule has 0 spiro atoms. The van der Waals surface area contributed by atoms with Gasteiger partial charge in [-0.2, -0.15) is 5.10 Å². The molecule has 2 aromatic heterocycles. The number of hydrogen-bond donors (Lipinski definition) is 3. The van der Waals surface area contributed by atoms with E-state index in [1.54, 1.807) is 29.3 Å². The van der Waals surface area contributed by atoms with Crippen LogP contribution < -0.4 is 16.4 Å². The largest absolute Gasteiger partial charge is 0.325 e. The van der Waals surface area contributed by atoms with Crippen molar-refractivity contribution in [2.24, 2.45) is 12.8 Å². The summed E-state index contributed by atoms with van der Waals surface area (Å²) in [5.74, 6) is -2.35. The molecule has 0 aliphatic carbocycles. The number of likely N-dealkylation sites (N-methyl/N-ethyl adjacent to an activating group) is 1. The van der Waals surface area contributed by atoms with Gasteiger partial charge in [0.05, 0.1) is 12.2 Å². The van der Waals surface area contributed by atoms with Crippen LogP contribution in [0.4, 0.5) is 14.5 Å². The number of nitrogens with zero attached hydrogens (tertiary/aromatic N) is 2. The molecule has 0 saturated heterocycles. The lowest BCUT2D eigenvalue weighted by atomic mass is 10.1. The first-order valence-corrected chi connectivity index (χ1v) is 9.46. The minimum Gasteiger partial charge on any atom is -0.325 e. The highest BCUT2D eigenvalue weighted by Gasteiger charge is 2.22. The van der Waals surface area contributed by atoms with Crippen LogP contribution in [-0.4, -0.2) is 28.8 Å². The summed E-state index contributed by atoms with van der Waals surface area (Å²) in [6.07, 6.45) is 4.05. The molecule has 0 radical (unpaired) electrons. The molecule has 0 aliphatic heterocycles. The van der Waals surface area contributed by atoms with Crippen molar-refractivity contribution in [3.63, 3.8) is 0 Å². The Balaban J connectivity index is 1.65. The van der Waals surface area contributed by atoms with E-state index in [4.69, 9.17) is 5.73 Å². The van der Waals surface area contributed by atoms with Crippen molar-refractivity contribution in [2.75, 3.05) is 12.4 Å². The number of hydrogen-bond acceptors (Lipinski definition) is 5. The Bertz CT molecular complexity index is 971. The molecule has 4 N–H and O–H groups in total. The number of halogens is 2. The van der Waals surface area contributed by atoms with Gasteiger partial charge in [-0.3, -0.25) is 9.48 Å². The molecule has 3 aromatic rings. The van der Waals surface area contributed by atoms with E-state index in [1.807, 2.05) is 25.4 Å². The van der Waals surface area contributed by atoms with Crippen LogP contribution >= 0.6 is 11.3 Å². The van der Waals surface area contributed by atoms with Gasteiger partial charge in [0.15, 0.2) is 11.6 Å². The van der Waals surface area contributed by atoms with Gasteiger partial charge < -0.3 is 16.4 Å². The fourth-order valence-corrected chi connectivity index (χ4v) is 3.78. The fraction of sp³-hybridized carbons (Fsp3) is 0.263. The Hall–Kier alpha value is -2.62. The first-order chi connectivity index (χ1) is 13.4. The van der Waals surface area contributed by atoms with Crippen LogP contribution in [0.5, 0.6) is 0 Å². The molecular weight excluding hydrogens is 384 g/mol. The SMILES string of the molecule is CNC(CC(N)c1ccc(-c2cnn(C)c2)s1)C(=O)Nc1ccc(F)c(F)c1. The first kappa shape index (κ1) is 20.1. The number of aromatic nitrogens is 2. The van der Waals surface area contributed by atoms with Crippen molar-refractivity contribution in [1.29, 1.82) is 0 Å². The number of carbonyl (C=O) groups excluding carboxylic acids is 1. The normalized spacial score (nSPS) is 13.3. The Morgan fingerprint density at radius 1 is 1.29 bits per heavy atom. The smallest absolute Gasteiger partial charge is 0.241 e. The number of aryl methyl sites for hydroxylation is 1. The summed E-state index contributed by atoms with van der Waals surface area (Å²) in [5, 5.41) is 9.66. The minimum absolute atomic E-state index is 0.188. The lowest BCUT2D eigenvalue weighted by Crippen LogP contribution is -2.40. The Kier molecular flexibility index (Phi) is 6.18. The number of nitrogens with one attached hydrogen (secondary N) is 2.